The number of nitrogens with two attached hydrogens (primary N) is 2. The topological polar surface area (TPSA) is 90.4 Å². The van der Waals surface area contributed by atoms with Crippen LogP contribution in [-0.4, -0.2) is 19.6 Å². The van der Waals surface area contributed by atoms with Gasteiger partial charge in [-0.3, -0.25) is 10.2 Å². The minimum atomic E-state index is -0.365. The predicted molar refractivity (Wildman–Crippen MR) is 62.7 cm³/mol. The first kappa shape index (κ1) is 12.2. The molecule has 86 valence electrons. The van der Waals surface area contributed by atoms with Crippen LogP contribution in [0.15, 0.2) is 24.3 Å². The number of nitrogen functional groups attached to an aromatic ring is 1. The Bertz CT molecular complexity index is 402. The van der Waals surface area contributed by atoms with E-state index in [1.807, 2.05) is 0 Å². The van der Waals surface area contributed by atoms with Crippen molar-refractivity contribution in [3.05, 3.63) is 35.4 Å². The van der Waals surface area contributed by atoms with Crippen LogP contribution in [0.3, 0.4) is 0 Å². The molecular weight excluding hydrogens is 206 g/mol. The second-order valence-electron chi connectivity index (χ2n) is 3.06. The lowest BCUT2D eigenvalue weighted by Gasteiger charge is -2.07. The molecule has 0 spiro atoms. The second-order valence-corrected chi connectivity index (χ2v) is 3.06. The molecule has 16 heavy (non-hydrogen) atoms. The van der Waals surface area contributed by atoms with Crippen molar-refractivity contribution >= 4 is 12.0 Å². The van der Waals surface area contributed by atoms with Gasteiger partial charge < -0.3 is 10.5 Å². The summed E-state index contributed by atoms with van der Waals surface area (Å²) < 4.78 is 5.04. The molecule has 0 radical (unpaired) electrons. The summed E-state index contributed by atoms with van der Waals surface area (Å²) in [5, 5.41) is 0. The summed E-state index contributed by atoms with van der Waals surface area (Å²) in [6, 6.07) is 5.16. The minimum absolute atomic E-state index is 0.365. The Kier molecular flexibility index (Phi) is 4.50. The van der Waals surface area contributed by atoms with Gasteiger partial charge in [0, 0.05) is 6.54 Å². The van der Waals surface area contributed by atoms with Crippen LogP contribution in [0, 0.1) is 0 Å². The van der Waals surface area contributed by atoms with E-state index < -0.39 is 0 Å². The highest BCUT2D eigenvalue weighted by molar-refractivity contribution is 5.97. The Hall–Kier alpha value is -1.85. The van der Waals surface area contributed by atoms with Crippen molar-refractivity contribution in [2.45, 2.75) is 0 Å². The van der Waals surface area contributed by atoms with E-state index in [1.54, 1.807) is 30.4 Å². The van der Waals surface area contributed by atoms with E-state index in [-0.39, 0.29) is 5.91 Å². The van der Waals surface area contributed by atoms with Crippen molar-refractivity contribution in [2.24, 2.45) is 11.6 Å². The van der Waals surface area contributed by atoms with E-state index in [1.165, 1.54) is 7.11 Å². The third-order valence-electron chi connectivity index (χ3n) is 2.07. The first-order valence-corrected chi connectivity index (χ1v) is 4.78. The van der Waals surface area contributed by atoms with Crippen molar-refractivity contribution < 1.29 is 9.53 Å². The number of carbonyl (C=O) groups excluding carboxylic acids is 1. The predicted octanol–water partition coefficient (Wildman–Crippen LogP) is 0.271. The average Bonchev–Trinajstić information content (AvgIpc) is 2.35. The van der Waals surface area contributed by atoms with Crippen molar-refractivity contribution in [2.75, 3.05) is 13.7 Å². The molecule has 0 atom stereocenters. The van der Waals surface area contributed by atoms with E-state index >= 15 is 0 Å². The maximum Gasteiger partial charge on any atom is 0.265 e. The van der Waals surface area contributed by atoms with Gasteiger partial charge in [-0.2, -0.15) is 0 Å². The van der Waals surface area contributed by atoms with E-state index in [0.29, 0.717) is 17.9 Å². The molecule has 1 aromatic rings. The van der Waals surface area contributed by atoms with Crippen LogP contribution >= 0.6 is 0 Å². The Morgan fingerprint density at radius 1 is 1.56 bits per heavy atom. The third-order valence-corrected chi connectivity index (χ3v) is 2.07. The van der Waals surface area contributed by atoms with Gasteiger partial charge in [-0.15, -0.1) is 0 Å². The number of benzene rings is 1. The van der Waals surface area contributed by atoms with Crippen LogP contribution < -0.4 is 21.7 Å². The highest BCUT2D eigenvalue weighted by atomic mass is 16.5. The summed E-state index contributed by atoms with van der Waals surface area (Å²) >= 11 is 0. The summed E-state index contributed by atoms with van der Waals surface area (Å²) in [6.07, 6.45) is 3.53. The van der Waals surface area contributed by atoms with Crippen LogP contribution in [0.5, 0.6) is 5.75 Å². The molecule has 5 nitrogen and oxygen atoms in total. The van der Waals surface area contributed by atoms with Gasteiger partial charge in [0.15, 0.2) is 0 Å². The van der Waals surface area contributed by atoms with Crippen LogP contribution in [0.4, 0.5) is 0 Å². The van der Waals surface area contributed by atoms with Crippen LogP contribution in [0.25, 0.3) is 6.08 Å². The zero-order valence-electron chi connectivity index (χ0n) is 9.07. The van der Waals surface area contributed by atoms with E-state index in [9.17, 15) is 4.79 Å². The smallest absolute Gasteiger partial charge is 0.265 e. The van der Waals surface area contributed by atoms with E-state index in [4.69, 9.17) is 16.3 Å². The number of ether oxygens (including phenoxy) is 1. The fourth-order valence-electron chi connectivity index (χ4n) is 1.28. The monoisotopic (exact) mass is 221 g/mol. The molecule has 0 aliphatic rings. The Morgan fingerprint density at radius 3 is 2.88 bits per heavy atom. The molecule has 0 unspecified atom stereocenters. The van der Waals surface area contributed by atoms with Crippen molar-refractivity contribution in [3.8, 4) is 5.75 Å². The quantitative estimate of drug-likeness (QED) is 0.387. The number of methoxy groups -OCH3 is 1. The molecule has 0 aliphatic heterocycles. The Balaban J connectivity index is 3.16. The van der Waals surface area contributed by atoms with Crippen molar-refractivity contribution in [3.63, 3.8) is 0 Å². The van der Waals surface area contributed by atoms with E-state index in [0.717, 1.165) is 5.56 Å². The average molecular weight is 221 g/mol. The zero-order chi connectivity index (χ0) is 12.0. The summed E-state index contributed by atoms with van der Waals surface area (Å²) in [6.45, 7) is 0.412. The molecule has 0 aliphatic carbocycles. The number of nitrogens with one attached hydrogen (secondary N) is 1. The molecule has 1 amide bonds. The first-order valence-electron chi connectivity index (χ1n) is 4.78. The lowest BCUT2D eigenvalue weighted by molar-refractivity contribution is 0.0953. The number of amides is 1. The molecule has 0 fully saturated rings. The molecule has 5 heteroatoms. The van der Waals surface area contributed by atoms with Crippen LogP contribution in [0.2, 0.25) is 0 Å². The highest BCUT2D eigenvalue weighted by Crippen LogP contribution is 2.18. The second kappa shape index (κ2) is 5.89. The summed E-state index contributed by atoms with van der Waals surface area (Å²) in [7, 11) is 1.54. The number of carbonyl (C=O) groups is 1. The normalized spacial score (nSPS) is 10.4. The number of hydrogen-bond acceptors (Lipinski definition) is 4. The zero-order valence-corrected chi connectivity index (χ0v) is 9.07. The molecule has 0 bridgehead atoms. The fraction of sp³-hybridized carbons (Fsp3) is 0.182. The Morgan fingerprint density at radius 2 is 2.31 bits per heavy atom. The fourth-order valence-corrected chi connectivity index (χ4v) is 1.28. The summed E-state index contributed by atoms with van der Waals surface area (Å²) in [4.78, 5) is 11.5. The van der Waals surface area contributed by atoms with Gasteiger partial charge in [-0.25, -0.2) is 5.84 Å². The van der Waals surface area contributed by atoms with Crippen LogP contribution in [-0.2, 0) is 0 Å². The van der Waals surface area contributed by atoms with Gasteiger partial charge in [0.05, 0.1) is 12.7 Å². The van der Waals surface area contributed by atoms with Gasteiger partial charge in [-0.1, -0.05) is 18.2 Å². The van der Waals surface area contributed by atoms with Crippen molar-refractivity contribution in [1.29, 1.82) is 0 Å². The molecule has 0 saturated carbocycles. The number of hydrogen-bond donors (Lipinski definition) is 3. The molecular formula is C11H15N3O2. The van der Waals surface area contributed by atoms with Crippen molar-refractivity contribution in [1.82, 2.24) is 5.43 Å². The van der Waals surface area contributed by atoms with Crippen LogP contribution in [0.1, 0.15) is 15.9 Å². The summed E-state index contributed by atoms with van der Waals surface area (Å²) in [5.74, 6) is 5.34. The Labute approximate surface area is 94.0 Å². The van der Waals surface area contributed by atoms with Gasteiger partial charge >= 0.3 is 0 Å². The molecule has 1 aromatic carbocycles. The molecule has 0 saturated heterocycles. The van der Waals surface area contributed by atoms with Gasteiger partial charge in [-0.05, 0) is 17.7 Å². The van der Waals surface area contributed by atoms with E-state index in [2.05, 4.69) is 5.43 Å². The lowest BCUT2D eigenvalue weighted by atomic mass is 10.1. The molecule has 0 aromatic heterocycles. The molecule has 1 rings (SSSR count). The molecule has 5 N–H and O–H groups in total. The van der Waals surface area contributed by atoms with Gasteiger partial charge in [0.1, 0.15) is 5.75 Å². The first-order chi connectivity index (χ1) is 7.72. The SMILES string of the molecule is COc1ccc(C=CCN)c(C(=O)NN)c1. The third kappa shape index (κ3) is 2.82. The minimum Gasteiger partial charge on any atom is -0.497 e. The lowest BCUT2D eigenvalue weighted by Crippen LogP contribution is -2.30. The van der Waals surface area contributed by atoms with Gasteiger partial charge in [0.25, 0.3) is 5.91 Å². The number of hydrazine groups is 1. The number of rotatable bonds is 4. The molecule has 0 heterocycles. The maximum absolute atomic E-state index is 11.5. The maximum atomic E-state index is 11.5. The highest BCUT2D eigenvalue weighted by Gasteiger charge is 2.09. The van der Waals surface area contributed by atoms with Gasteiger partial charge in [0.2, 0.25) is 0 Å². The largest absolute Gasteiger partial charge is 0.497 e. The summed E-state index contributed by atoms with van der Waals surface area (Å²) in [5.41, 5.74) is 8.64. The standard InChI is InChI=1S/C11H15N3O2/c1-16-9-5-4-8(3-2-6-12)10(7-9)11(15)14-13/h2-5,7H,6,12-13H2,1H3,(H,14,15).